The van der Waals surface area contributed by atoms with Gasteiger partial charge in [-0.2, -0.15) is 0 Å². The first-order valence-corrected chi connectivity index (χ1v) is 11.1. The van der Waals surface area contributed by atoms with Crippen molar-refractivity contribution in [3.05, 3.63) is 108 Å². The summed E-state index contributed by atoms with van der Waals surface area (Å²) in [4.78, 5) is 0. The Morgan fingerprint density at radius 3 is 1.75 bits per heavy atom. The predicted octanol–water partition coefficient (Wildman–Crippen LogP) is 4.54. The van der Waals surface area contributed by atoms with Crippen molar-refractivity contribution in [1.82, 2.24) is 10.4 Å². The number of nitrogens with one attached hydrogen (secondary N) is 1. The van der Waals surface area contributed by atoms with E-state index in [0.717, 1.165) is 16.7 Å². The lowest BCUT2D eigenvalue weighted by atomic mass is 9.80. The first-order valence-electron chi connectivity index (χ1n) is 11.1. The Morgan fingerprint density at radius 1 is 0.844 bits per heavy atom. The quantitative estimate of drug-likeness (QED) is 0.418. The summed E-state index contributed by atoms with van der Waals surface area (Å²) in [6, 6.07) is 31.1. The zero-order chi connectivity index (χ0) is 22.4. The Bertz CT molecular complexity index is 854. The molecule has 0 aliphatic carbocycles. The van der Waals surface area contributed by atoms with Gasteiger partial charge in [-0.1, -0.05) is 91.0 Å². The van der Waals surface area contributed by atoms with Crippen LogP contribution < -0.4 is 5.43 Å². The summed E-state index contributed by atoms with van der Waals surface area (Å²) in [6.07, 6.45) is -0.184. The van der Waals surface area contributed by atoms with Crippen LogP contribution in [0.2, 0.25) is 0 Å². The molecule has 0 amide bonds. The summed E-state index contributed by atoms with van der Waals surface area (Å²) in [7, 11) is 3.91. The van der Waals surface area contributed by atoms with E-state index in [1.54, 1.807) is 0 Å². The second-order valence-electron chi connectivity index (χ2n) is 8.30. The van der Waals surface area contributed by atoms with Crippen LogP contribution in [0.3, 0.4) is 0 Å². The van der Waals surface area contributed by atoms with Gasteiger partial charge in [-0.3, -0.25) is 5.01 Å². The molecule has 3 atom stereocenters. The van der Waals surface area contributed by atoms with Gasteiger partial charge in [-0.25, -0.2) is 5.43 Å². The Labute approximate surface area is 190 Å². The van der Waals surface area contributed by atoms with Crippen LogP contribution in [0.1, 0.15) is 30.0 Å². The van der Waals surface area contributed by atoms with Gasteiger partial charge in [0.05, 0.1) is 12.6 Å². The van der Waals surface area contributed by atoms with E-state index in [-0.39, 0.29) is 6.04 Å². The lowest BCUT2D eigenvalue weighted by Gasteiger charge is -2.42. The zero-order valence-corrected chi connectivity index (χ0v) is 19.0. The number of hydrazine groups is 1. The largest absolute Gasteiger partial charge is 0.351 e. The normalized spacial score (nSPS) is 20.2. The highest BCUT2D eigenvalue weighted by molar-refractivity contribution is 5.47. The monoisotopic (exact) mass is 432 g/mol. The standard InChI is InChI=1S/C27H32N2O3/c1-21(28-29(2)3)26-30-20-19-25(31-26)32-27(22-13-7-4-8-14-22,23-15-9-5-10-16-23)24-17-11-6-12-18-24/h4-18,21,25-26,28H,19-20H2,1-3H3/t21-,25+,26-/m0/s1. The minimum Gasteiger partial charge on any atom is -0.351 e. The molecule has 5 nitrogen and oxygen atoms in total. The van der Waals surface area contributed by atoms with Crippen molar-refractivity contribution in [3.8, 4) is 0 Å². The van der Waals surface area contributed by atoms with E-state index in [4.69, 9.17) is 14.2 Å². The van der Waals surface area contributed by atoms with Crippen molar-refractivity contribution in [3.63, 3.8) is 0 Å². The lowest BCUT2D eigenvalue weighted by Crippen LogP contribution is -2.51. The number of ether oxygens (including phenoxy) is 3. The van der Waals surface area contributed by atoms with Crippen LogP contribution in [0.4, 0.5) is 0 Å². The highest BCUT2D eigenvalue weighted by atomic mass is 16.8. The molecule has 1 heterocycles. The van der Waals surface area contributed by atoms with Gasteiger partial charge in [0.1, 0.15) is 5.60 Å². The highest BCUT2D eigenvalue weighted by Crippen LogP contribution is 2.42. The minimum absolute atomic E-state index is 0.0176. The summed E-state index contributed by atoms with van der Waals surface area (Å²) >= 11 is 0. The van der Waals surface area contributed by atoms with Crippen LogP contribution in [0.25, 0.3) is 0 Å². The maximum absolute atomic E-state index is 6.98. The molecule has 1 N–H and O–H groups in total. The van der Waals surface area contributed by atoms with E-state index < -0.39 is 18.2 Å². The maximum Gasteiger partial charge on any atom is 0.176 e. The molecule has 32 heavy (non-hydrogen) atoms. The van der Waals surface area contributed by atoms with Crippen molar-refractivity contribution in [2.45, 2.75) is 37.6 Å². The van der Waals surface area contributed by atoms with E-state index in [0.29, 0.717) is 13.0 Å². The fraction of sp³-hybridized carbons (Fsp3) is 0.333. The average Bonchev–Trinajstić information content (AvgIpc) is 2.84. The van der Waals surface area contributed by atoms with Gasteiger partial charge >= 0.3 is 0 Å². The molecular weight excluding hydrogens is 400 g/mol. The van der Waals surface area contributed by atoms with Crippen LogP contribution >= 0.6 is 0 Å². The van der Waals surface area contributed by atoms with Crippen LogP contribution in [0.5, 0.6) is 0 Å². The molecule has 4 rings (SSSR count). The molecule has 5 heteroatoms. The lowest BCUT2D eigenvalue weighted by molar-refractivity contribution is -0.311. The van der Waals surface area contributed by atoms with Gasteiger partial charge in [0.15, 0.2) is 12.6 Å². The minimum atomic E-state index is -0.811. The molecule has 1 aliphatic heterocycles. The van der Waals surface area contributed by atoms with Crippen LogP contribution in [0.15, 0.2) is 91.0 Å². The number of hydrogen-bond acceptors (Lipinski definition) is 5. The molecule has 0 spiro atoms. The predicted molar refractivity (Wildman–Crippen MR) is 126 cm³/mol. The second kappa shape index (κ2) is 10.4. The molecule has 0 saturated carbocycles. The fourth-order valence-electron chi connectivity index (χ4n) is 4.27. The number of nitrogens with zero attached hydrogens (tertiary/aromatic N) is 1. The first-order chi connectivity index (χ1) is 15.6. The van der Waals surface area contributed by atoms with Crippen molar-refractivity contribution in [2.24, 2.45) is 0 Å². The molecule has 0 unspecified atom stereocenters. The second-order valence-corrected chi connectivity index (χ2v) is 8.30. The van der Waals surface area contributed by atoms with Crippen LogP contribution in [-0.2, 0) is 19.8 Å². The van der Waals surface area contributed by atoms with Crippen molar-refractivity contribution >= 4 is 0 Å². The van der Waals surface area contributed by atoms with Crippen molar-refractivity contribution < 1.29 is 14.2 Å². The van der Waals surface area contributed by atoms with Crippen molar-refractivity contribution in [2.75, 3.05) is 20.7 Å². The third kappa shape index (κ3) is 4.93. The highest BCUT2D eigenvalue weighted by Gasteiger charge is 2.42. The third-order valence-electron chi connectivity index (χ3n) is 5.64. The van der Waals surface area contributed by atoms with Gasteiger partial charge in [0, 0.05) is 20.5 Å². The zero-order valence-electron chi connectivity index (χ0n) is 19.0. The fourth-order valence-corrected chi connectivity index (χ4v) is 4.27. The van der Waals surface area contributed by atoms with E-state index >= 15 is 0 Å². The number of hydrogen-bond donors (Lipinski definition) is 1. The molecule has 168 valence electrons. The average molecular weight is 433 g/mol. The molecule has 1 fully saturated rings. The summed E-state index contributed by atoms with van der Waals surface area (Å²) in [6.45, 7) is 2.62. The van der Waals surface area contributed by atoms with Crippen LogP contribution in [-0.4, -0.2) is 44.3 Å². The summed E-state index contributed by atoms with van der Waals surface area (Å²) in [5, 5.41) is 1.91. The van der Waals surface area contributed by atoms with E-state index in [2.05, 4.69) is 78.2 Å². The SMILES string of the molecule is C[C@H](NN(C)C)[C@H]1OCC[C@@H](OC(c2ccccc2)(c2ccccc2)c2ccccc2)O1. The molecule has 0 aromatic heterocycles. The summed E-state index contributed by atoms with van der Waals surface area (Å²) < 4.78 is 19.2. The van der Waals surface area contributed by atoms with Crippen molar-refractivity contribution in [1.29, 1.82) is 0 Å². The van der Waals surface area contributed by atoms with Crippen LogP contribution in [0, 0.1) is 0 Å². The molecule has 0 radical (unpaired) electrons. The van der Waals surface area contributed by atoms with E-state index in [1.807, 2.05) is 44.2 Å². The molecule has 1 aliphatic rings. The molecule has 1 saturated heterocycles. The Hall–Kier alpha value is -2.54. The van der Waals surface area contributed by atoms with Gasteiger partial charge in [0.25, 0.3) is 0 Å². The maximum atomic E-state index is 6.98. The number of benzene rings is 3. The summed E-state index contributed by atoms with van der Waals surface area (Å²) in [5.41, 5.74) is 5.68. The van der Waals surface area contributed by atoms with E-state index in [1.165, 1.54) is 0 Å². The Balaban J connectivity index is 1.75. The smallest absolute Gasteiger partial charge is 0.176 e. The first kappa shape index (κ1) is 22.6. The van der Waals surface area contributed by atoms with Gasteiger partial charge in [-0.15, -0.1) is 0 Å². The van der Waals surface area contributed by atoms with Gasteiger partial charge < -0.3 is 14.2 Å². The molecule has 3 aromatic carbocycles. The van der Waals surface area contributed by atoms with Gasteiger partial charge in [0.2, 0.25) is 0 Å². The van der Waals surface area contributed by atoms with Gasteiger partial charge in [-0.05, 0) is 23.6 Å². The molecule has 0 bridgehead atoms. The number of rotatable bonds is 8. The Morgan fingerprint density at radius 2 is 1.31 bits per heavy atom. The Kier molecular flexibility index (Phi) is 7.35. The third-order valence-corrected chi connectivity index (χ3v) is 5.64. The topological polar surface area (TPSA) is 43.0 Å². The molecule has 3 aromatic rings. The van der Waals surface area contributed by atoms with E-state index in [9.17, 15) is 0 Å². The molecular formula is C27H32N2O3. The summed E-state index contributed by atoms with van der Waals surface area (Å²) in [5.74, 6) is 0.